The highest BCUT2D eigenvalue weighted by atomic mass is 16.5. The van der Waals surface area contributed by atoms with E-state index in [1.165, 1.54) is 42.5 Å². The van der Waals surface area contributed by atoms with Gasteiger partial charge >= 0.3 is 23.9 Å². The van der Waals surface area contributed by atoms with Gasteiger partial charge in [-0.2, -0.15) is 0 Å². The van der Waals surface area contributed by atoms with Gasteiger partial charge in [0.2, 0.25) is 0 Å². The van der Waals surface area contributed by atoms with E-state index in [-0.39, 0.29) is 83.8 Å². The Hall–Kier alpha value is -7.61. The first kappa shape index (κ1) is 50.8. The second-order valence-electron chi connectivity index (χ2n) is 16.2. The van der Waals surface area contributed by atoms with E-state index in [2.05, 4.69) is 6.92 Å². The molecule has 0 saturated carbocycles. The molecular formula is C55H56O14. The van der Waals surface area contributed by atoms with E-state index in [4.69, 9.17) is 28.4 Å². The van der Waals surface area contributed by atoms with Crippen LogP contribution >= 0.6 is 0 Å². The Kier molecular flexibility index (Phi) is 18.4. The summed E-state index contributed by atoms with van der Waals surface area (Å²) < 4.78 is 34.4. The van der Waals surface area contributed by atoms with Gasteiger partial charge in [-0.3, -0.25) is 24.0 Å². The highest BCUT2D eigenvalue weighted by molar-refractivity contribution is 6.11. The van der Waals surface area contributed by atoms with Gasteiger partial charge in [-0.15, -0.1) is 0 Å². The molecular weight excluding hydrogens is 885 g/mol. The number of carboxylic acid groups (broad SMARTS) is 1. The minimum absolute atomic E-state index is 0.0361. The van der Waals surface area contributed by atoms with Crippen LogP contribution in [-0.4, -0.2) is 79.4 Å². The molecule has 14 nitrogen and oxygen atoms in total. The van der Waals surface area contributed by atoms with Crippen LogP contribution in [0.25, 0.3) is 0 Å². The Balaban J connectivity index is 1.14. The van der Waals surface area contributed by atoms with E-state index < -0.39 is 35.4 Å². The lowest BCUT2D eigenvalue weighted by molar-refractivity contribution is -0.143. The maximum absolute atomic E-state index is 13.7. The third-order valence-corrected chi connectivity index (χ3v) is 11.3. The Morgan fingerprint density at radius 1 is 0.580 bits per heavy atom. The fraction of sp³-hybridized carbons (Fsp3) is 0.327. The van der Waals surface area contributed by atoms with Gasteiger partial charge in [0.1, 0.15) is 23.0 Å². The third kappa shape index (κ3) is 13.7. The van der Waals surface area contributed by atoms with Crippen molar-refractivity contribution in [2.24, 2.45) is 0 Å². The molecule has 5 aromatic rings. The SMILES string of the molecule is CCCc1c(OCCCCCOc2ccc(C(=O)c3cccc(C(=O)O)c3)cc2CCC(=O)Oc2ccc(C(=O)c3cccc(C(=O)OCC)c3)cc2CCC(=O)OCC)ccc2c1OCCC2=O. The van der Waals surface area contributed by atoms with Crippen molar-refractivity contribution >= 4 is 41.2 Å². The molecule has 0 fully saturated rings. The van der Waals surface area contributed by atoms with Crippen molar-refractivity contribution in [2.75, 3.05) is 33.0 Å². The summed E-state index contributed by atoms with van der Waals surface area (Å²) in [5, 5.41) is 9.53. The average molecular weight is 941 g/mol. The Bertz CT molecular complexity index is 2700. The molecule has 0 aliphatic carbocycles. The standard InChI is InChI=1S/C55H56O14/c1-4-12-44-48(24-21-43-45(56)27-30-68-53(43)44)67-29-9-7-8-28-66-46-22-17-39(51(59)37-13-10-15-41(33-37)54(61)62)31-35(46)20-26-50(58)69-47-23-18-40(32-36(47)19-25-49(57)64-5-2)52(60)38-14-11-16-42(34-38)55(63)65-6-3/h10-11,13-18,21-24,31-34H,4-9,12,19-20,25-30H2,1-3H3,(H,61,62). The highest BCUT2D eigenvalue weighted by Gasteiger charge is 2.24. The van der Waals surface area contributed by atoms with E-state index in [1.807, 2.05) is 6.07 Å². The summed E-state index contributed by atoms with van der Waals surface area (Å²) in [4.78, 5) is 89.8. The number of ketones is 3. The Morgan fingerprint density at radius 2 is 1.13 bits per heavy atom. The highest BCUT2D eigenvalue weighted by Crippen LogP contribution is 2.37. The number of Topliss-reactive ketones (excluding diaryl/α,β-unsaturated/α-hetero) is 1. The quantitative estimate of drug-likeness (QED) is 0.0251. The fourth-order valence-corrected chi connectivity index (χ4v) is 7.82. The van der Waals surface area contributed by atoms with E-state index in [9.17, 15) is 38.7 Å². The minimum Gasteiger partial charge on any atom is -0.493 e. The number of aryl methyl sites for hydroxylation is 2. The summed E-state index contributed by atoms with van der Waals surface area (Å²) in [5.41, 5.74) is 3.56. The molecule has 14 heteroatoms. The Labute approximate surface area is 400 Å². The minimum atomic E-state index is -1.17. The van der Waals surface area contributed by atoms with Crippen LogP contribution in [0.5, 0.6) is 23.0 Å². The number of rotatable bonds is 25. The molecule has 0 spiro atoms. The van der Waals surface area contributed by atoms with Crippen molar-refractivity contribution in [3.8, 4) is 23.0 Å². The summed E-state index contributed by atoms with van der Waals surface area (Å²) >= 11 is 0. The first-order chi connectivity index (χ1) is 33.4. The lowest BCUT2D eigenvalue weighted by Crippen LogP contribution is -2.17. The van der Waals surface area contributed by atoms with Crippen LogP contribution < -0.4 is 18.9 Å². The van der Waals surface area contributed by atoms with Gasteiger partial charge in [-0.1, -0.05) is 37.6 Å². The number of hydrogen-bond donors (Lipinski definition) is 1. The summed E-state index contributed by atoms with van der Waals surface area (Å²) in [6, 6.07) is 24.9. The fourth-order valence-electron chi connectivity index (χ4n) is 7.82. The smallest absolute Gasteiger partial charge is 0.338 e. The lowest BCUT2D eigenvalue weighted by atomic mass is 9.97. The van der Waals surface area contributed by atoms with Crippen molar-refractivity contribution in [3.05, 3.63) is 153 Å². The second-order valence-corrected chi connectivity index (χ2v) is 16.2. The molecule has 0 unspecified atom stereocenters. The van der Waals surface area contributed by atoms with Crippen molar-refractivity contribution < 1.29 is 67.1 Å². The number of carboxylic acids is 1. The molecule has 1 aliphatic rings. The molecule has 0 atom stereocenters. The zero-order chi connectivity index (χ0) is 49.3. The molecule has 1 heterocycles. The average Bonchev–Trinajstić information content (AvgIpc) is 3.35. The zero-order valence-corrected chi connectivity index (χ0v) is 39.1. The molecule has 69 heavy (non-hydrogen) atoms. The summed E-state index contributed by atoms with van der Waals surface area (Å²) in [7, 11) is 0. The Morgan fingerprint density at radius 3 is 1.77 bits per heavy atom. The second kappa shape index (κ2) is 25.0. The van der Waals surface area contributed by atoms with Crippen LogP contribution in [-0.2, 0) is 38.3 Å². The van der Waals surface area contributed by atoms with Crippen LogP contribution in [0.4, 0.5) is 0 Å². The van der Waals surface area contributed by atoms with Gasteiger partial charge in [0.15, 0.2) is 17.3 Å². The third-order valence-electron chi connectivity index (χ3n) is 11.3. The molecule has 0 bridgehead atoms. The van der Waals surface area contributed by atoms with Gasteiger partial charge < -0.3 is 33.5 Å². The number of carbonyl (C=O) groups excluding carboxylic acids is 6. The van der Waals surface area contributed by atoms with Crippen LogP contribution in [0.1, 0.15) is 145 Å². The van der Waals surface area contributed by atoms with Crippen molar-refractivity contribution in [1.82, 2.24) is 0 Å². The van der Waals surface area contributed by atoms with Crippen molar-refractivity contribution in [1.29, 1.82) is 0 Å². The van der Waals surface area contributed by atoms with Crippen LogP contribution in [0.15, 0.2) is 97.1 Å². The lowest BCUT2D eigenvalue weighted by Gasteiger charge is -2.22. The largest absolute Gasteiger partial charge is 0.493 e. The number of aromatic carboxylic acids is 1. The van der Waals surface area contributed by atoms with E-state index in [0.717, 1.165) is 31.2 Å². The number of unbranched alkanes of at least 4 members (excludes halogenated alkanes) is 2. The number of ether oxygens (including phenoxy) is 6. The number of carbonyl (C=O) groups is 7. The first-order valence-corrected chi connectivity index (χ1v) is 23.3. The van der Waals surface area contributed by atoms with Crippen molar-refractivity contribution in [2.45, 2.75) is 85.0 Å². The van der Waals surface area contributed by atoms with Gasteiger partial charge in [0, 0.05) is 40.7 Å². The van der Waals surface area contributed by atoms with Crippen LogP contribution in [0.3, 0.4) is 0 Å². The molecule has 0 aromatic heterocycles. The molecule has 6 rings (SSSR count). The molecule has 0 saturated heterocycles. The van der Waals surface area contributed by atoms with Gasteiger partial charge in [-0.05, 0) is 136 Å². The predicted molar refractivity (Wildman–Crippen MR) is 254 cm³/mol. The maximum atomic E-state index is 13.7. The summed E-state index contributed by atoms with van der Waals surface area (Å²) in [6.07, 6.45) is 4.11. The van der Waals surface area contributed by atoms with Crippen molar-refractivity contribution in [3.63, 3.8) is 0 Å². The number of fused-ring (bicyclic) bond motifs is 1. The van der Waals surface area contributed by atoms with Gasteiger partial charge in [0.25, 0.3) is 0 Å². The first-order valence-electron chi connectivity index (χ1n) is 23.3. The molecule has 1 aliphatic heterocycles. The number of esters is 3. The zero-order valence-electron chi connectivity index (χ0n) is 39.1. The van der Waals surface area contributed by atoms with Crippen LogP contribution in [0.2, 0.25) is 0 Å². The number of benzene rings is 5. The molecule has 5 aromatic carbocycles. The monoisotopic (exact) mass is 940 g/mol. The topological polar surface area (TPSA) is 195 Å². The maximum Gasteiger partial charge on any atom is 0.338 e. The molecule has 1 N–H and O–H groups in total. The molecule has 360 valence electrons. The van der Waals surface area contributed by atoms with E-state index >= 15 is 0 Å². The normalized spacial score (nSPS) is 11.7. The molecule has 0 radical (unpaired) electrons. The summed E-state index contributed by atoms with van der Waals surface area (Å²) in [5.74, 6) is -1.66. The summed E-state index contributed by atoms with van der Waals surface area (Å²) in [6.45, 7) is 6.92. The number of hydrogen-bond acceptors (Lipinski definition) is 13. The van der Waals surface area contributed by atoms with E-state index in [0.29, 0.717) is 66.6 Å². The molecule has 0 amide bonds. The predicted octanol–water partition coefficient (Wildman–Crippen LogP) is 9.60. The van der Waals surface area contributed by atoms with E-state index in [1.54, 1.807) is 62.4 Å². The van der Waals surface area contributed by atoms with Gasteiger partial charge in [0.05, 0.1) is 56.1 Å². The van der Waals surface area contributed by atoms with Crippen LogP contribution in [0, 0.1) is 0 Å². The van der Waals surface area contributed by atoms with Gasteiger partial charge in [-0.25, -0.2) is 9.59 Å².